The second-order valence-corrected chi connectivity index (χ2v) is 5.52. The molecule has 0 rings (SSSR count). The van der Waals surface area contributed by atoms with Gasteiger partial charge in [-0.3, -0.25) is 4.79 Å². The van der Waals surface area contributed by atoms with Crippen molar-refractivity contribution in [3.8, 4) is 0 Å². The number of hydrogen-bond donors (Lipinski definition) is 2. The number of carboxylic acid groups (broad SMARTS) is 1. The van der Waals surface area contributed by atoms with Crippen molar-refractivity contribution in [1.29, 1.82) is 0 Å². The minimum atomic E-state index is -0.989. The summed E-state index contributed by atoms with van der Waals surface area (Å²) in [5.41, 5.74) is 0. The lowest BCUT2D eigenvalue weighted by Gasteiger charge is -2.17. The van der Waals surface area contributed by atoms with E-state index in [-0.39, 0.29) is 0 Å². The van der Waals surface area contributed by atoms with E-state index in [0.717, 1.165) is 0 Å². The van der Waals surface area contributed by atoms with Crippen molar-refractivity contribution >= 4 is 29.2 Å². The molecule has 0 spiro atoms. The second kappa shape index (κ2) is 5.79. The standard InChI is InChI=1S/C9H16Cl2O3/c1-6(8(13)14)7(12)4-3-5-9(2,10)11/h6-7,12H,3-5H2,1-2H3,(H,13,14). The SMILES string of the molecule is CC(C(=O)O)C(O)CCCC(C)(Cl)Cl. The zero-order valence-electron chi connectivity index (χ0n) is 8.33. The van der Waals surface area contributed by atoms with Gasteiger partial charge in [0.25, 0.3) is 0 Å². The normalized spacial score (nSPS) is 16.4. The largest absolute Gasteiger partial charge is 0.481 e. The van der Waals surface area contributed by atoms with E-state index in [1.807, 2.05) is 0 Å². The van der Waals surface area contributed by atoms with Gasteiger partial charge in [0.2, 0.25) is 0 Å². The molecule has 0 aromatic heterocycles. The maximum Gasteiger partial charge on any atom is 0.308 e. The third kappa shape index (κ3) is 6.46. The fourth-order valence-electron chi connectivity index (χ4n) is 1.04. The van der Waals surface area contributed by atoms with E-state index in [9.17, 15) is 9.90 Å². The summed E-state index contributed by atoms with van der Waals surface area (Å²) in [6.07, 6.45) is 0.729. The van der Waals surface area contributed by atoms with E-state index < -0.39 is 22.3 Å². The topological polar surface area (TPSA) is 57.5 Å². The quantitative estimate of drug-likeness (QED) is 0.704. The number of aliphatic hydroxyl groups excluding tert-OH is 1. The smallest absolute Gasteiger partial charge is 0.308 e. The number of carbonyl (C=O) groups is 1. The summed E-state index contributed by atoms with van der Waals surface area (Å²) < 4.78 is -0.799. The Labute approximate surface area is 94.0 Å². The monoisotopic (exact) mass is 242 g/mol. The van der Waals surface area contributed by atoms with Crippen LogP contribution in [0.3, 0.4) is 0 Å². The van der Waals surface area contributed by atoms with Crippen molar-refractivity contribution in [2.24, 2.45) is 5.92 Å². The highest BCUT2D eigenvalue weighted by Gasteiger charge is 2.22. The van der Waals surface area contributed by atoms with Gasteiger partial charge >= 0.3 is 5.97 Å². The van der Waals surface area contributed by atoms with Gasteiger partial charge in [-0.25, -0.2) is 0 Å². The maximum absolute atomic E-state index is 10.5. The first kappa shape index (κ1) is 14.0. The number of aliphatic carboxylic acids is 1. The highest BCUT2D eigenvalue weighted by atomic mass is 35.5. The predicted molar refractivity (Wildman–Crippen MR) is 56.8 cm³/mol. The molecule has 0 aliphatic rings. The van der Waals surface area contributed by atoms with Crippen molar-refractivity contribution in [2.75, 3.05) is 0 Å². The molecule has 0 aliphatic carbocycles. The summed E-state index contributed by atoms with van der Waals surface area (Å²) in [6.45, 7) is 3.15. The summed E-state index contributed by atoms with van der Waals surface area (Å²) in [5.74, 6) is -1.73. The Hall–Kier alpha value is 0.01000. The van der Waals surface area contributed by atoms with Crippen LogP contribution in [0.1, 0.15) is 33.1 Å². The second-order valence-electron chi connectivity index (χ2n) is 3.66. The third-order valence-corrected chi connectivity index (χ3v) is 2.46. The van der Waals surface area contributed by atoms with Gasteiger partial charge in [0.15, 0.2) is 0 Å². The van der Waals surface area contributed by atoms with Crippen LogP contribution < -0.4 is 0 Å². The fraction of sp³-hybridized carbons (Fsp3) is 0.889. The minimum absolute atomic E-state index is 0.405. The van der Waals surface area contributed by atoms with Gasteiger partial charge in [-0.05, 0) is 33.1 Å². The number of alkyl halides is 2. The summed E-state index contributed by atoms with van der Waals surface area (Å²) >= 11 is 11.5. The van der Waals surface area contributed by atoms with Gasteiger partial charge in [-0.15, -0.1) is 23.2 Å². The maximum atomic E-state index is 10.5. The van der Waals surface area contributed by atoms with E-state index in [1.165, 1.54) is 6.92 Å². The molecule has 0 heterocycles. The van der Waals surface area contributed by atoms with Crippen LogP contribution >= 0.6 is 23.2 Å². The molecule has 2 N–H and O–H groups in total. The first-order valence-corrected chi connectivity index (χ1v) is 5.28. The molecule has 0 bridgehead atoms. The van der Waals surface area contributed by atoms with Crippen LogP contribution in [0.2, 0.25) is 0 Å². The molecule has 2 unspecified atom stereocenters. The minimum Gasteiger partial charge on any atom is -0.481 e. The zero-order chi connectivity index (χ0) is 11.4. The van der Waals surface area contributed by atoms with Crippen LogP contribution in [-0.4, -0.2) is 26.6 Å². The van der Waals surface area contributed by atoms with Gasteiger partial charge in [-0.1, -0.05) is 0 Å². The molecule has 0 aliphatic heterocycles. The van der Waals surface area contributed by atoms with Crippen LogP contribution in [0.5, 0.6) is 0 Å². The van der Waals surface area contributed by atoms with Crippen molar-refractivity contribution in [2.45, 2.75) is 43.5 Å². The van der Waals surface area contributed by atoms with E-state index in [1.54, 1.807) is 6.92 Å². The Bertz CT molecular complexity index is 189. The number of halogens is 2. The van der Waals surface area contributed by atoms with Crippen LogP contribution in [-0.2, 0) is 4.79 Å². The molecule has 0 amide bonds. The van der Waals surface area contributed by atoms with Crippen LogP contribution in [0, 0.1) is 5.92 Å². The highest BCUT2D eigenvalue weighted by molar-refractivity contribution is 6.48. The zero-order valence-corrected chi connectivity index (χ0v) is 9.85. The lowest BCUT2D eigenvalue weighted by atomic mass is 9.99. The molecule has 84 valence electrons. The number of hydrogen-bond acceptors (Lipinski definition) is 2. The molecule has 0 saturated heterocycles. The number of carboxylic acids is 1. The predicted octanol–water partition coefficient (Wildman–Crippen LogP) is 2.43. The Kier molecular flexibility index (Phi) is 5.79. The molecular weight excluding hydrogens is 227 g/mol. The fourth-order valence-corrected chi connectivity index (χ4v) is 1.30. The van der Waals surface area contributed by atoms with Gasteiger partial charge < -0.3 is 10.2 Å². The average molecular weight is 243 g/mol. The molecule has 0 aromatic rings. The molecule has 0 saturated carbocycles. The summed E-state index contributed by atoms with van der Waals surface area (Å²) in [7, 11) is 0. The van der Waals surface area contributed by atoms with Crippen molar-refractivity contribution in [3.05, 3.63) is 0 Å². The Morgan fingerprint density at radius 2 is 2.00 bits per heavy atom. The summed E-state index contributed by atoms with van der Waals surface area (Å²) in [4.78, 5) is 10.5. The number of aliphatic hydroxyl groups is 1. The highest BCUT2D eigenvalue weighted by Crippen LogP contribution is 2.27. The third-order valence-electron chi connectivity index (χ3n) is 2.08. The molecule has 0 fully saturated rings. The first-order chi connectivity index (χ1) is 6.24. The number of rotatable bonds is 6. The van der Waals surface area contributed by atoms with Gasteiger partial charge in [0.05, 0.1) is 12.0 Å². The molecule has 5 heteroatoms. The Morgan fingerprint density at radius 1 is 1.50 bits per heavy atom. The molecule has 0 radical (unpaired) electrons. The first-order valence-electron chi connectivity index (χ1n) is 4.53. The Morgan fingerprint density at radius 3 is 2.36 bits per heavy atom. The summed E-state index contributed by atoms with van der Waals surface area (Å²) in [6, 6.07) is 0. The van der Waals surface area contributed by atoms with Crippen LogP contribution in [0.15, 0.2) is 0 Å². The Balaban J connectivity index is 3.75. The van der Waals surface area contributed by atoms with Crippen molar-refractivity contribution in [3.63, 3.8) is 0 Å². The summed E-state index contributed by atoms with van der Waals surface area (Å²) in [5, 5.41) is 18.0. The van der Waals surface area contributed by atoms with Crippen LogP contribution in [0.25, 0.3) is 0 Å². The lowest BCUT2D eigenvalue weighted by Crippen LogP contribution is -2.25. The molecule has 14 heavy (non-hydrogen) atoms. The van der Waals surface area contributed by atoms with E-state index in [0.29, 0.717) is 19.3 Å². The molecule has 3 nitrogen and oxygen atoms in total. The van der Waals surface area contributed by atoms with Gasteiger partial charge in [-0.2, -0.15) is 0 Å². The lowest BCUT2D eigenvalue weighted by molar-refractivity contribution is -0.144. The van der Waals surface area contributed by atoms with E-state index in [4.69, 9.17) is 28.3 Å². The van der Waals surface area contributed by atoms with E-state index >= 15 is 0 Å². The van der Waals surface area contributed by atoms with Crippen molar-refractivity contribution in [1.82, 2.24) is 0 Å². The average Bonchev–Trinajstić information content (AvgIpc) is 2.00. The van der Waals surface area contributed by atoms with Gasteiger partial charge in [0, 0.05) is 0 Å². The molecule has 0 aromatic carbocycles. The van der Waals surface area contributed by atoms with Crippen molar-refractivity contribution < 1.29 is 15.0 Å². The van der Waals surface area contributed by atoms with E-state index in [2.05, 4.69) is 0 Å². The molecule has 2 atom stereocenters. The van der Waals surface area contributed by atoms with Gasteiger partial charge in [0.1, 0.15) is 4.33 Å². The molecular formula is C9H16Cl2O3. The van der Waals surface area contributed by atoms with Crippen LogP contribution in [0.4, 0.5) is 0 Å².